The number of hydrogen-bond donors (Lipinski definition) is 0. The van der Waals surface area contributed by atoms with Gasteiger partial charge in [-0.15, -0.1) is 11.8 Å². The van der Waals surface area contributed by atoms with Gasteiger partial charge in [0.05, 0.1) is 5.75 Å². The van der Waals surface area contributed by atoms with Crippen LogP contribution in [0, 0.1) is 5.92 Å². The number of Topliss-reactive ketones (excluding diaryl/α,β-unsaturated/α-hetero) is 1. The van der Waals surface area contributed by atoms with Crippen LogP contribution in [-0.4, -0.2) is 16.3 Å². The minimum absolute atomic E-state index is 0.210. The van der Waals surface area contributed by atoms with Crippen LogP contribution in [0.4, 0.5) is 0 Å². The van der Waals surface area contributed by atoms with E-state index in [1.54, 1.807) is 11.8 Å². The average Bonchev–Trinajstić information content (AvgIpc) is 1.99. The topological polar surface area (TPSA) is 17.1 Å². The third-order valence-electron chi connectivity index (χ3n) is 1.92. The zero-order chi connectivity index (χ0) is 10.5. The van der Waals surface area contributed by atoms with E-state index in [-0.39, 0.29) is 10.7 Å². The third-order valence-corrected chi connectivity index (χ3v) is 3.21. The Morgan fingerprint density at radius 1 is 1.38 bits per heavy atom. The monoisotopic (exact) mass is 202 g/mol. The maximum Gasteiger partial charge on any atom is 0.145 e. The van der Waals surface area contributed by atoms with Gasteiger partial charge in [0.1, 0.15) is 5.78 Å². The summed E-state index contributed by atoms with van der Waals surface area (Å²) in [6, 6.07) is 0. The summed E-state index contributed by atoms with van der Waals surface area (Å²) in [5.74, 6) is 1.33. The second kappa shape index (κ2) is 5.69. The van der Waals surface area contributed by atoms with E-state index in [1.807, 2.05) is 6.92 Å². The lowest BCUT2D eigenvalue weighted by Gasteiger charge is -2.18. The molecule has 78 valence electrons. The first-order valence-electron chi connectivity index (χ1n) is 5.03. The molecule has 0 aliphatic rings. The zero-order valence-corrected chi connectivity index (χ0v) is 10.3. The van der Waals surface area contributed by atoms with E-state index in [4.69, 9.17) is 0 Å². The van der Waals surface area contributed by atoms with Gasteiger partial charge in [-0.3, -0.25) is 4.79 Å². The summed E-state index contributed by atoms with van der Waals surface area (Å²) in [5.41, 5.74) is 0. The lowest BCUT2D eigenvalue weighted by atomic mass is 10.0. The molecule has 0 heterocycles. The minimum atomic E-state index is 0.210. The molecule has 0 aromatic heterocycles. The molecule has 0 aliphatic carbocycles. The van der Waals surface area contributed by atoms with Gasteiger partial charge in [0.25, 0.3) is 0 Å². The average molecular weight is 202 g/mol. The van der Waals surface area contributed by atoms with Gasteiger partial charge in [-0.1, -0.05) is 41.0 Å². The lowest BCUT2D eigenvalue weighted by Crippen LogP contribution is -2.18. The van der Waals surface area contributed by atoms with Crippen molar-refractivity contribution in [2.75, 3.05) is 5.75 Å². The summed E-state index contributed by atoms with van der Waals surface area (Å²) in [6.07, 6.45) is 2.14. The summed E-state index contributed by atoms with van der Waals surface area (Å²) in [7, 11) is 0. The zero-order valence-electron chi connectivity index (χ0n) is 9.52. The first-order valence-corrected chi connectivity index (χ1v) is 6.02. The van der Waals surface area contributed by atoms with Crippen LogP contribution in [0.5, 0.6) is 0 Å². The highest BCUT2D eigenvalue weighted by molar-refractivity contribution is 8.01. The quantitative estimate of drug-likeness (QED) is 0.678. The molecule has 2 heteroatoms. The number of carbonyl (C=O) groups excluding carboxylic acids is 1. The molecular weight excluding hydrogens is 180 g/mol. The minimum Gasteiger partial charge on any atom is -0.298 e. The van der Waals surface area contributed by atoms with Gasteiger partial charge in [-0.05, 0) is 6.42 Å². The Balaban J connectivity index is 3.74. The van der Waals surface area contributed by atoms with Crippen LogP contribution < -0.4 is 0 Å². The van der Waals surface area contributed by atoms with Crippen molar-refractivity contribution in [3.8, 4) is 0 Å². The Morgan fingerprint density at radius 3 is 2.31 bits per heavy atom. The van der Waals surface area contributed by atoms with Crippen molar-refractivity contribution in [1.82, 2.24) is 0 Å². The van der Waals surface area contributed by atoms with Crippen molar-refractivity contribution in [2.45, 2.75) is 52.2 Å². The summed E-state index contributed by atoms with van der Waals surface area (Å²) in [5, 5.41) is 0. The van der Waals surface area contributed by atoms with Gasteiger partial charge in [0.15, 0.2) is 0 Å². The van der Waals surface area contributed by atoms with Crippen LogP contribution in [0.3, 0.4) is 0 Å². The first-order chi connectivity index (χ1) is 5.87. The molecule has 0 saturated heterocycles. The predicted octanol–water partition coefficient (Wildman–Crippen LogP) is 3.52. The van der Waals surface area contributed by atoms with Gasteiger partial charge in [0, 0.05) is 10.7 Å². The molecular formula is C11H22OS. The van der Waals surface area contributed by atoms with Crippen LogP contribution in [0.25, 0.3) is 0 Å². The molecule has 0 aliphatic heterocycles. The second-order valence-corrected chi connectivity index (χ2v) is 6.36. The largest absolute Gasteiger partial charge is 0.298 e. The molecule has 0 radical (unpaired) electrons. The highest BCUT2D eigenvalue weighted by atomic mass is 32.2. The fraction of sp³-hybridized carbons (Fsp3) is 0.909. The molecule has 1 unspecified atom stereocenters. The number of ketones is 1. The molecule has 0 aromatic rings. The van der Waals surface area contributed by atoms with Crippen LogP contribution in [-0.2, 0) is 4.79 Å². The molecule has 0 fully saturated rings. The summed E-state index contributed by atoms with van der Waals surface area (Å²) >= 11 is 1.75. The number of carbonyl (C=O) groups is 1. The molecule has 13 heavy (non-hydrogen) atoms. The van der Waals surface area contributed by atoms with Gasteiger partial charge >= 0.3 is 0 Å². The van der Waals surface area contributed by atoms with E-state index in [1.165, 1.54) is 0 Å². The Bertz CT molecular complexity index is 158. The van der Waals surface area contributed by atoms with E-state index in [9.17, 15) is 4.79 Å². The van der Waals surface area contributed by atoms with Crippen LogP contribution >= 0.6 is 11.8 Å². The fourth-order valence-corrected chi connectivity index (χ4v) is 1.88. The van der Waals surface area contributed by atoms with Crippen molar-refractivity contribution >= 4 is 17.5 Å². The summed E-state index contributed by atoms with van der Waals surface area (Å²) in [4.78, 5) is 11.6. The molecule has 0 bridgehead atoms. The van der Waals surface area contributed by atoms with E-state index in [0.29, 0.717) is 11.5 Å². The van der Waals surface area contributed by atoms with Gasteiger partial charge < -0.3 is 0 Å². The fourth-order valence-electron chi connectivity index (χ4n) is 1.02. The second-order valence-electron chi connectivity index (χ2n) is 4.56. The van der Waals surface area contributed by atoms with Crippen molar-refractivity contribution in [3.63, 3.8) is 0 Å². The maximum atomic E-state index is 11.6. The highest BCUT2D eigenvalue weighted by Crippen LogP contribution is 2.24. The van der Waals surface area contributed by atoms with Crippen LogP contribution in [0.15, 0.2) is 0 Å². The standard InChI is InChI=1S/C11H22OS/c1-6-7-9(2)10(12)8-13-11(3,4)5/h9H,6-8H2,1-5H3. The van der Waals surface area contributed by atoms with E-state index < -0.39 is 0 Å². The molecule has 1 nitrogen and oxygen atoms in total. The van der Waals surface area contributed by atoms with Crippen molar-refractivity contribution in [2.24, 2.45) is 5.92 Å². The van der Waals surface area contributed by atoms with E-state index in [2.05, 4.69) is 27.7 Å². The SMILES string of the molecule is CCCC(C)C(=O)CSC(C)(C)C. The Hall–Kier alpha value is 0.0200. The van der Waals surface area contributed by atoms with E-state index in [0.717, 1.165) is 12.8 Å². The Kier molecular flexibility index (Phi) is 5.70. The van der Waals surface area contributed by atoms with Gasteiger partial charge in [-0.25, -0.2) is 0 Å². The maximum absolute atomic E-state index is 11.6. The summed E-state index contributed by atoms with van der Waals surface area (Å²) in [6.45, 7) is 10.6. The number of hydrogen-bond acceptors (Lipinski definition) is 2. The molecule has 0 spiro atoms. The number of rotatable bonds is 5. The first kappa shape index (κ1) is 13.0. The predicted molar refractivity (Wildman–Crippen MR) is 61.3 cm³/mol. The third kappa shape index (κ3) is 7.12. The number of thioether (sulfide) groups is 1. The Morgan fingerprint density at radius 2 is 1.92 bits per heavy atom. The van der Waals surface area contributed by atoms with Crippen molar-refractivity contribution in [3.05, 3.63) is 0 Å². The lowest BCUT2D eigenvalue weighted by molar-refractivity contribution is -0.120. The van der Waals surface area contributed by atoms with E-state index >= 15 is 0 Å². The molecule has 0 rings (SSSR count). The van der Waals surface area contributed by atoms with Crippen molar-refractivity contribution < 1.29 is 4.79 Å². The molecule has 0 N–H and O–H groups in total. The van der Waals surface area contributed by atoms with Crippen molar-refractivity contribution in [1.29, 1.82) is 0 Å². The summed E-state index contributed by atoms with van der Waals surface area (Å²) < 4.78 is 0.210. The van der Waals surface area contributed by atoms with Gasteiger partial charge in [-0.2, -0.15) is 0 Å². The van der Waals surface area contributed by atoms with Crippen LogP contribution in [0.1, 0.15) is 47.5 Å². The van der Waals surface area contributed by atoms with Crippen LogP contribution in [0.2, 0.25) is 0 Å². The van der Waals surface area contributed by atoms with Gasteiger partial charge in [0.2, 0.25) is 0 Å². The smallest absolute Gasteiger partial charge is 0.145 e. The molecule has 1 atom stereocenters. The molecule has 0 amide bonds. The Labute approximate surface area is 86.7 Å². The molecule has 0 saturated carbocycles. The molecule has 0 aromatic carbocycles. The normalized spacial score (nSPS) is 14.2. The highest BCUT2D eigenvalue weighted by Gasteiger charge is 2.16.